The smallest absolute Gasteiger partial charge is 0.258 e. The van der Waals surface area contributed by atoms with Gasteiger partial charge in [-0.25, -0.2) is 0 Å². The summed E-state index contributed by atoms with van der Waals surface area (Å²) in [7, 11) is 0. The first-order chi connectivity index (χ1) is 8.02. The highest BCUT2D eigenvalue weighted by Gasteiger charge is 2.00. The average molecular weight is 267 g/mol. The molecule has 0 spiro atoms. The normalized spacial score (nSPS) is 9.29. The lowest BCUT2D eigenvalue weighted by atomic mass is 10.4. The first kappa shape index (κ1) is 13.6. The monoisotopic (exact) mass is 267 g/mol. The first-order valence-corrected chi connectivity index (χ1v) is 6.54. The Morgan fingerprint density at radius 3 is 1.94 bits per heavy atom. The van der Waals surface area contributed by atoms with E-state index < -0.39 is 0 Å². The number of aryl methyl sites for hydroxylation is 2. The molecular formula is C12H13NO2S2. The maximum atomic E-state index is 10.4. The van der Waals surface area contributed by atoms with Crippen LogP contribution in [0.25, 0.3) is 0 Å². The van der Waals surface area contributed by atoms with Crippen molar-refractivity contribution in [2.75, 3.05) is 0 Å². The molecule has 2 aromatic heterocycles. The second kappa shape index (κ2) is 6.32. The number of carbonyl (C=O) groups excluding carboxylic acids is 2. The number of hydrogen-bond donors (Lipinski definition) is 1. The van der Waals surface area contributed by atoms with Crippen LogP contribution in [0, 0.1) is 13.8 Å². The van der Waals surface area contributed by atoms with E-state index in [4.69, 9.17) is 5.73 Å². The molecular weight excluding hydrogens is 254 g/mol. The predicted molar refractivity (Wildman–Crippen MR) is 72.0 cm³/mol. The number of hydrogen-bond acceptors (Lipinski definition) is 4. The van der Waals surface area contributed by atoms with Crippen molar-refractivity contribution >= 4 is 34.9 Å². The van der Waals surface area contributed by atoms with Gasteiger partial charge in [0.25, 0.3) is 5.91 Å². The van der Waals surface area contributed by atoms with Crippen LogP contribution in [0.15, 0.2) is 24.3 Å². The number of primary amides is 1. The van der Waals surface area contributed by atoms with Crippen LogP contribution < -0.4 is 5.73 Å². The summed E-state index contributed by atoms with van der Waals surface area (Å²) in [5.41, 5.74) is 5.00. The van der Waals surface area contributed by atoms with E-state index in [1.807, 2.05) is 32.0 Å². The molecule has 0 saturated carbocycles. The van der Waals surface area contributed by atoms with Crippen molar-refractivity contribution in [3.8, 4) is 0 Å². The number of nitrogens with two attached hydrogens (primary N) is 1. The Bertz CT molecular complexity index is 514. The zero-order chi connectivity index (χ0) is 12.8. The topological polar surface area (TPSA) is 60.2 Å². The molecule has 0 bridgehead atoms. The molecule has 0 aromatic carbocycles. The van der Waals surface area contributed by atoms with Crippen molar-refractivity contribution in [3.05, 3.63) is 43.8 Å². The van der Waals surface area contributed by atoms with Gasteiger partial charge < -0.3 is 5.73 Å². The van der Waals surface area contributed by atoms with E-state index in [0.29, 0.717) is 4.88 Å². The van der Waals surface area contributed by atoms with Crippen LogP contribution in [-0.2, 0) is 0 Å². The third-order valence-corrected chi connectivity index (χ3v) is 3.80. The SMILES string of the molecule is Cc1ccc(C(N)=O)s1.Cc1ccc(C=O)s1. The molecule has 90 valence electrons. The van der Waals surface area contributed by atoms with Gasteiger partial charge in [0.15, 0.2) is 6.29 Å². The average Bonchev–Trinajstić information content (AvgIpc) is 2.88. The van der Waals surface area contributed by atoms with Gasteiger partial charge in [-0.2, -0.15) is 0 Å². The van der Waals surface area contributed by atoms with E-state index in [1.54, 1.807) is 6.07 Å². The predicted octanol–water partition coefficient (Wildman–Crippen LogP) is 3.02. The summed E-state index contributed by atoms with van der Waals surface area (Å²) in [4.78, 5) is 24.2. The number of carbonyl (C=O) groups is 2. The van der Waals surface area contributed by atoms with Crippen LogP contribution in [-0.4, -0.2) is 12.2 Å². The van der Waals surface area contributed by atoms with E-state index in [9.17, 15) is 9.59 Å². The summed E-state index contributed by atoms with van der Waals surface area (Å²) in [6.45, 7) is 3.93. The zero-order valence-corrected chi connectivity index (χ0v) is 11.2. The van der Waals surface area contributed by atoms with Gasteiger partial charge in [0.1, 0.15) is 0 Å². The molecule has 2 aromatic rings. The Balaban J connectivity index is 0.000000171. The van der Waals surface area contributed by atoms with Gasteiger partial charge in [-0.1, -0.05) is 0 Å². The second-order valence-electron chi connectivity index (χ2n) is 3.34. The molecule has 0 radical (unpaired) electrons. The van der Waals surface area contributed by atoms with Crippen LogP contribution in [0.4, 0.5) is 0 Å². The highest BCUT2D eigenvalue weighted by Crippen LogP contribution is 2.13. The summed E-state index contributed by atoms with van der Waals surface area (Å²) in [5, 5.41) is 0. The molecule has 17 heavy (non-hydrogen) atoms. The maximum absolute atomic E-state index is 10.4. The first-order valence-electron chi connectivity index (χ1n) is 4.91. The zero-order valence-electron chi connectivity index (χ0n) is 9.60. The molecule has 0 unspecified atom stereocenters. The third kappa shape index (κ3) is 4.50. The van der Waals surface area contributed by atoms with Crippen molar-refractivity contribution in [2.45, 2.75) is 13.8 Å². The molecule has 1 amide bonds. The second-order valence-corrected chi connectivity index (χ2v) is 5.95. The fourth-order valence-electron chi connectivity index (χ4n) is 1.08. The molecule has 0 fully saturated rings. The number of amides is 1. The molecule has 0 aliphatic rings. The quantitative estimate of drug-likeness (QED) is 0.850. The van der Waals surface area contributed by atoms with Crippen molar-refractivity contribution in [1.29, 1.82) is 0 Å². The number of thiophene rings is 2. The summed E-state index contributed by atoms with van der Waals surface area (Å²) < 4.78 is 0. The molecule has 0 atom stereocenters. The van der Waals surface area contributed by atoms with Gasteiger partial charge in [-0.15, -0.1) is 22.7 Å². The lowest BCUT2D eigenvalue weighted by molar-refractivity contribution is 0.100. The molecule has 0 aliphatic heterocycles. The Hall–Kier alpha value is -1.46. The van der Waals surface area contributed by atoms with Crippen LogP contribution >= 0.6 is 22.7 Å². The molecule has 0 aliphatic carbocycles. The fraction of sp³-hybridized carbons (Fsp3) is 0.167. The van der Waals surface area contributed by atoms with Gasteiger partial charge in [0.2, 0.25) is 0 Å². The Kier molecular flexibility index (Phi) is 5.06. The van der Waals surface area contributed by atoms with E-state index in [1.165, 1.54) is 27.6 Å². The Morgan fingerprint density at radius 2 is 1.71 bits per heavy atom. The molecule has 2 heterocycles. The van der Waals surface area contributed by atoms with Gasteiger partial charge in [0.05, 0.1) is 9.75 Å². The van der Waals surface area contributed by atoms with E-state index in [2.05, 4.69) is 0 Å². The minimum Gasteiger partial charge on any atom is -0.365 e. The van der Waals surface area contributed by atoms with E-state index in [0.717, 1.165) is 16.0 Å². The van der Waals surface area contributed by atoms with Crippen molar-refractivity contribution in [3.63, 3.8) is 0 Å². The lowest BCUT2D eigenvalue weighted by Gasteiger charge is -1.81. The van der Waals surface area contributed by atoms with Crippen molar-refractivity contribution in [1.82, 2.24) is 0 Å². The van der Waals surface area contributed by atoms with Gasteiger partial charge in [0, 0.05) is 9.75 Å². The molecule has 3 nitrogen and oxygen atoms in total. The minimum absolute atomic E-state index is 0.340. The van der Waals surface area contributed by atoms with Crippen LogP contribution in [0.3, 0.4) is 0 Å². The van der Waals surface area contributed by atoms with E-state index >= 15 is 0 Å². The maximum Gasteiger partial charge on any atom is 0.258 e. The van der Waals surface area contributed by atoms with Crippen molar-refractivity contribution in [2.24, 2.45) is 5.73 Å². The Morgan fingerprint density at radius 1 is 1.12 bits per heavy atom. The molecule has 2 rings (SSSR count). The van der Waals surface area contributed by atoms with Gasteiger partial charge in [-0.05, 0) is 38.1 Å². The standard InChI is InChI=1S/C6H7NOS.C6H6OS/c1-4-2-3-5(9-4)6(7)8;1-5-2-3-6(4-7)8-5/h2-3H,1H3,(H2,7,8);2-4H,1H3. The highest BCUT2D eigenvalue weighted by molar-refractivity contribution is 7.14. The molecule has 5 heteroatoms. The summed E-state index contributed by atoms with van der Waals surface area (Å²) in [5.74, 6) is -0.340. The minimum atomic E-state index is -0.340. The molecule has 0 saturated heterocycles. The van der Waals surface area contributed by atoms with Crippen LogP contribution in [0.2, 0.25) is 0 Å². The number of rotatable bonds is 2. The third-order valence-electron chi connectivity index (χ3n) is 1.86. The van der Waals surface area contributed by atoms with Crippen LogP contribution in [0.5, 0.6) is 0 Å². The van der Waals surface area contributed by atoms with Crippen LogP contribution in [0.1, 0.15) is 29.1 Å². The highest BCUT2D eigenvalue weighted by atomic mass is 32.1. The van der Waals surface area contributed by atoms with Gasteiger partial charge in [-0.3, -0.25) is 9.59 Å². The number of aldehydes is 1. The Labute approximate surface area is 108 Å². The summed E-state index contributed by atoms with van der Waals surface area (Å²) in [6, 6.07) is 7.38. The van der Waals surface area contributed by atoms with E-state index in [-0.39, 0.29) is 5.91 Å². The van der Waals surface area contributed by atoms with Crippen molar-refractivity contribution < 1.29 is 9.59 Å². The summed E-state index contributed by atoms with van der Waals surface area (Å²) in [6.07, 6.45) is 0.873. The summed E-state index contributed by atoms with van der Waals surface area (Å²) >= 11 is 2.94. The lowest BCUT2D eigenvalue weighted by Crippen LogP contribution is -2.07. The largest absolute Gasteiger partial charge is 0.365 e. The molecule has 2 N–H and O–H groups in total. The fourth-order valence-corrected chi connectivity index (χ4v) is 2.50. The van der Waals surface area contributed by atoms with Gasteiger partial charge >= 0.3 is 0 Å².